The zero-order valence-corrected chi connectivity index (χ0v) is 14.3. The smallest absolute Gasteiger partial charge is 0.142 e. The largest absolute Gasteiger partial charge is 0.381 e. The van der Waals surface area contributed by atoms with Crippen molar-refractivity contribution in [1.82, 2.24) is 9.55 Å². The molecule has 3 aromatic rings. The van der Waals surface area contributed by atoms with Crippen LogP contribution >= 0.6 is 11.6 Å². The minimum absolute atomic E-state index is 0.0966. The van der Waals surface area contributed by atoms with Crippen LogP contribution in [0.2, 0.25) is 5.02 Å². The topological polar surface area (TPSA) is 50.8 Å². The van der Waals surface area contributed by atoms with Crippen LogP contribution in [0.4, 0.5) is 4.39 Å². The minimum atomic E-state index is -0.454. The van der Waals surface area contributed by atoms with E-state index >= 15 is 0 Å². The number of rotatable bonds is 3. The van der Waals surface area contributed by atoms with Gasteiger partial charge in [0.05, 0.1) is 11.1 Å². The van der Waals surface area contributed by atoms with Crippen molar-refractivity contribution in [3.8, 4) is 17.2 Å². The van der Waals surface area contributed by atoms with Crippen LogP contribution in [0.25, 0.3) is 22.2 Å². The van der Waals surface area contributed by atoms with Crippen LogP contribution in [0.15, 0.2) is 36.5 Å². The highest BCUT2D eigenvalue weighted by Crippen LogP contribution is 2.40. The Kier molecular flexibility index (Phi) is 3.95. The lowest BCUT2D eigenvalue weighted by Crippen LogP contribution is -2.32. The van der Waals surface area contributed by atoms with Gasteiger partial charge >= 0.3 is 0 Å². The number of halogens is 2. The molecule has 126 valence electrons. The van der Waals surface area contributed by atoms with E-state index in [1.165, 1.54) is 6.07 Å². The molecule has 0 saturated heterocycles. The van der Waals surface area contributed by atoms with E-state index in [0.717, 1.165) is 35.0 Å². The van der Waals surface area contributed by atoms with E-state index in [9.17, 15) is 4.39 Å². The van der Waals surface area contributed by atoms with E-state index in [0.29, 0.717) is 5.69 Å². The quantitative estimate of drug-likeness (QED) is 0.683. The molecule has 0 amide bonds. The molecule has 0 radical (unpaired) electrons. The summed E-state index contributed by atoms with van der Waals surface area (Å²) < 4.78 is 21.4. The highest BCUT2D eigenvalue weighted by molar-refractivity contribution is 6.30. The summed E-state index contributed by atoms with van der Waals surface area (Å²) >= 11 is 5.80. The second-order valence-corrected chi connectivity index (χ2v) is 6.65. The lowest BCUT2D eigenvalue weighted by molar-refractivity contribution is 0.00737. The molecular formula is C19H15ClFN3O. The number of benzene rings is 1. The number of nitrogens with zero attached hydrogens (tertiary/aromatic N) is 3. The first-order valence-electron chi connectivity index (χ1n) is 8.00. The van der Waals surface area contributed by atoms with Crippen molar-refractivity contribution >= 4 is 22.6 Å². The SMILES string of the molecule is COC1CC(n2cc(-c3ccc(Cl)c(F)c3)c3ccc(C#N)nc32)C1. The molecule has 2 aromatic heterocycles. The van der Waals surface area contributed by atoms with Crippen molar-refractivity contribution in [2.75, 3.05) is 7.11 Å². The number of hydrogen-bond donors (Lipinski definition) is 0. The Balaban J connectivity index is 1.87. The van der Waals surface area contributed by atoms with Crippen molar-refractivity contribution in [3.63, 3.8) is 0 Å². The van der Waals surface area contributed by atoms with Gasteiger partial charge in [0.15, 0.2) is 0 Å². The number of hydrogen-bond acceptors (Lipinski definition) is 3. The first-order chi connectivity index (χ1) is 12.1. The van der Waals surface area contributed by atoms with Crippen LogP contribution in [0.3, 0.4) is 0 Å². The van der Waals surface area contributed by atoms with Gasteiger partial charge in [0.2, 0.25) is 0 Å². The van der Waals surface area contributed by atoms with Gasteiger partial charge < -0.3 is 9.30 Å². The molecule has 4 nitrogen and oxygen atoms in total. The molecule has 4 rings (SSSR count). The molecule has 25 heavy (non-hydrogen) atoms. The monoisotopic (exact) mass is 355 g/mol. The molecule has 6 heteroatoms. The normalized spacial score (nSPS) is 19.6. The third-order valence-corrected chi connectivity index (χ3v) is 5.13. The van der Waals surface area contributed by atoms with E-state index in [4.69, 9.17) is 21.6 Å². The highest BCUT2D eigenvalue weighted by atomic mass is 35.5. The van der Waals surface area contributed by atoms with Crippen LogP contribution in [-0.2, 0) is 4.74 Å². The van der Waals surface area contributed by atoms with Gasteiger partial charge in [0.1, 0.15) is 23.2 Å². The van der Waals surface area contributed by atoms with Crippen LogP contribution in [-0.4, -0.2) is 22.8 Å². The summed E-state index contributed by atoms with van der Waals surface area (Å²) in [5.41, 5.74) is 2.72. The molecular weight excluding hydrogens is 341 g/mol. The Labute approximate surface area is 149 Å². The average Bonchev–Trinajstić information content (AvgIpc) is 2.95. The van der Waals surface area contributed by atoms with Crippen molar-refractivity contribution in [2.24, 2.45) is 0 Å². The fourth-order valence-electron chi connectivity index (χ4n) is 3.32. The van der Waals surface area contributed by atoms with Gasteiger partial charge in [-0.1, -0.05) is 17.7 Å². The molecule has 1 fully saturated rings. The van der Waals surface area contributed by atoms with Gasteiger partial charge in [-0.25, -0.2) is 9.37 Å². The predicted octanol–water partition coefficient (Wildman–Crippen LogP) is 4.72. The number of ether oxygens (including phenoxy) is 1. The Morgan fingerprint density at radius 2 is 2.12 bits per heavy atom. The molecule has 0 atom stereocenters. The maximum Gasteiger partial charge on any atom is 0.142 e. The molecule has 0 bridgehead atoms. The van der Waals surface area contributed by atoms with Crippen LogP contribution < -0.4 is 0 Å². The molecule has 0 spiro atoms. The summed E-state index contributed by atoms with van der Waals surface area (Å²) in [6.45, 7) is 0. The summed E-state index contributed by atoms with van der Waals surface area (Å²) in [7, 11) is 1.71. The summed E-state index contributed by atoms with van der Waals surface area (Å²) in [5, 5.41) is 10.1. The summed E-state index contributed by atoms with van der Waals surface area (Å²) in [6.07, 6.45) is 4.02. The van der Waals surface area contributed by atoms with Gasteiger partial charge in [-0.05, 0) is 42.7 Å². The van der Waals surface area contributed by atoms with E-state index in [2.05, 4.69) is 15.6 Å². The average molecular weight is 356 g/mol. The number of fused-ring (bicyclic) bond motifs is 1. The van der Waals surface area contributed by atoms with Crippen LogP contribution in [0.5, 0.6) is 0 Å². The third kappa shape index (κ3) is 2.68. The van der Waals surface area contributed by atoms with Crippen molar-refractivity contribution in [3.05, 3.63) is 53.1 Å². The maximum atomic E-state index is 13.9. The lowest BCUT2D eigenvalue weighted by atomic mass is 9.89. The van der Waals surface area contributed by atoms with Gasteiger partial charge in [-0.3, -0.25) is 0 Å². The van der Waals surface area contributed by atoms with Gasteiger partial charge in [0, 0.05) is 30.3 Å². The summed E-state index contributed by atoms with van der Waals surface area (Å²) in [5.74, 6) is -0.454. The standard InChI is InChI=1S/C19H15ClFN3O/c1-25-14-7-13(8-14)24-10-16(11-2-5-17(20)18(21)6-11)15-4-3-12(9-22)23-19(15)24/h2-6,10,13-14H,7-8H2,1H3. The molecule has 1 aliphatic rings. The third-order valence-electron chi connectivity index (χ3n) is 4.82. The maximum absolute atomic E-state index is 13.9. The number of pyridine rings is 1. The molecule has 1 aliphatic carbocycles. The number of methoxy groups -OCH3 is 1. The van der Waals surface area contributed by atoms with E-state index in [1.807, 2.05) is 12.3 Å². The van der Waals surface area contributed by atoms with Crippen LogP contribution in [0.1, 0.15) is 24.6 Å². The van der Waals surface area contributed by atoms with Crippen LogP contribution in [0, 0.1) is 17.1 Å². The highest BCUT2D eigenvalue weighted by Gasteiger charge is 2.32. The second-order valence-electron chi connectivity index (χ2n) is 6.24. The van der Waals surface area contributed by atoms with E-state index in [-0.39, 0.29) is 17.2 Å². The predicted molar refractivity (Wildman–Crippen MR) is 93.9 cm³/mol. The molecule has 1 aromatic carbocycles. The Bertz CT molecular complexity index is 1000. The Morgan fingerprint density at radius 1 is 1.32 bits per heavy atom. The number of aromatic nitrogens is 2. The molecule has 0 N–H and O–H groups in total. The molecule has 0 aliphatic heterocycles. The Morgan fingerprint density at radius 3 is 2.80 bits per heavy atom. The van der Waals surface area contributed by atoms with E-state index < -0.39 is 5.82 Å². The summed E-state index contributed by atoms with van der Waals surface area (Å²) in [4.78, 5) is 4.47. The first kappa shape index (κ1) is 16.1. The van der Waals surface area contributed by atoms with Crippen molar-refractivity contribution in [2.45, 2.75) is 25.0 Å². The molecule has 2 heterocycles. The van der Waals surface area contributed by atoms with E-state index in [1.54, 1.807) is 25.3 Å². The molecule has 0 unspecified atom stereocenters. The van der Waals surface area contributed by atoms with Gasteiger partial charge in [-0.15, -0.1) is 0 Å². The van der Waals surface area contributed by atoms with Gasteiger partial charge in [-0.2, -0.15) is 5.26 Å². The minimum Gasteiger partial charge on any atom is -0.381 e. The van der Waals surface area contributed by atoms with Crippen molar-refractivity contribution in [1.29, 1.82) is 5.26 Å². The van der Waals surface area contributed by atoms with Gasteiger partial charge in [0.25, 0.3) is 0 Å². The fourth-order valence-corrected chi connectivity index (χ4v) is 3.43. The molecule has 1 saturated carbocycles. The second kappa shape index (κ2) is 6.14. The fraction of sp³-hybridized carbons (Fsp3) is 0.263. The zero-order valence-electron chi connectivity index (χ0n) is 13.5. The Hall–Kier alpha value is -2.42. The lowest BCUT2D eigenvalue weighted by Gasteiger charge is -2.35. The number of nitriles is 1. The first-order valence-corrected chi connectivity index (χ1v) is 8.38. The zero-order chi connectivity index (χ0) is 17.6. The summed E-state index contributed by atoms with van der Waals surface area (Å²) in [6, 6.07) is 10.7. The van der Waals surface area contributed by atoms with Crippen molar-refractivity contribution < 1.29 is 9.13 Å².